The minimum absolute atomic E-state index is 0.0862. The number of hydrogen-bond donors (Lipinski definition) is 3. The summed E-state index contributed by atoms with van der Waals surface area (Å²) >= 11 is 0. The number of carbonyl (C=O) groups is 1. The van der Waals surface area contributed by atoms with Gasteiger partial charge in [-0.25, -0.2) is 13.2 Å². The number of benzene rings is 4. The summed E-state index contributed by atoms with van der Waals surface area (Å²) in [7, 11) is -2.48. The molecule has 0 aromatic heterocycles. The number of β-amino-alcohol motifs (C(OH)–C–C–N with tert-alkyl or cyclic N) is 1. The Morgan fingerprint density at radius 3 is 2.41 bits per heavy atom. The average molecular weight is 573 g/mol. The molecule has 8 heteroatoms. The molecule has 0 aliphatic carbocycles. The van der Waals surface area contributed by atoms with Crippen molar-refractivity contribution in [1.82, 2.24) is 9.62 Å². The number of rotatable bonds is 12. The third-order valence-corrected chi connectivity index (χ3v) is 8.82. The Labute approximate surface area is 241 Å². The molecule has 0 bridgehead atoms. The van der Waals surface area contributed by atoms with Gasteiger partial charge in [0.1, 0.15) is 0 Å². The standard InChI is InChI=1S/C33H36N2O5S/c1-33(2,21-25-15-17-26-10-4-5-11-27(26)20-25)34-22-29(36)23-35(3)41(39,40)31-14-7-6-13-30(31)28-12-8-9-24(19-28)16-18-32(37)38/h4-20,29,34,36H,21-23H2,1-3H3,(H,37,38)/t29-/m1/s1. The molecule has 0 saturated heterocycles. The maximum absolute atomic E-state index is 13.6. The van der Waals surface area contributed by atoms with Gasteiger partial charge in [0, 0.05) is 37.3 Å². The summed E-state index contributed by atoms with van der Waals surface area (Å²) in [6.45, 7) is 4.26. The van der Waals surface area contributed by atoms with Crippen molar-refractivity contribution in [3.05, 3.63) is 108 Å². The minimum Gasteiger partial charge on any atom is -0.478 e. The van der Waals surface area contributed by atoms with Gasteiger partial charge in [0.05, 0.1) is 11.0 Å². The molecule has 0 aliphatic heterocycles. The van der Waals surface area contributed by atoms with E-state index in [9.17, 15) is 18.3 Å². The third-order valence-electron chi connectivity index (χ3n) is 6.94. The Morgan fingerprint density at radius 2 is 1.66 bits per heavy atom. The number of nitrogens with zero attached hydrogens (tertiary/aromatic N) is 1. The molecular formula is C33H36N2O5S. The molecular weight excluding hydrogens is 536 g/mol. The SMILES string of the molecule is CN(C[C@H](O)CNC(C)(C)Cc1ccc2ccccc2c1)S(=O)(=O)c1ccccc1-c1cccc(C=CC(=O)O)c1. The van der Waals surface area contributed by atoms with E-state index in [1.807, 2.05) is 12.1 Å². The quantitative estimate of drug-likeness (QED) is 0.202. The second kappa shape index (κ2) is 12.8. The predicted octanol–water partition coefficient (Wildman–Crippen LogP) is 5.20. The van der Waals surface area contributed by atoms with Crippen LogP contribution in [0.2, 0.25) is 0 Å². The van der Waals surface area contributed by atoms with Crippen molar-refractivity contribution in [1.29, 1.82) is 0 Å². The van der Waals surface area contributed by atoms with E-state index in [1.54, 1.807) is 42.5 Å². The molecule has 0 fully saturated rings. The van der Waals surface area contributed by atoms with Crippen LogP contribution in [-0.2, 0) is 21.2 Å². The van der Waals surface area contributed by atoms with Crippen molar-refractivity contribution in [2.24, 2.45) is 0 Å². The fourth-order valence-electron chi connectivity index (χ4n) is 4.85. The molecule has 4 aromatic carbocycles. The Morgan fingerprint density at radius 1 is 0.951 bits per heavy atom. The number of nitrogens with one attached hydrogen (secondary N) is 1. The predicted molar refractivity (Wildman–Crippen MR) is 164 cm³/mol. The highest BCUT2D eigenvalue weighted by molar-refractivity contribution is 7.89. The lowest BCUT2D eigenvalue weighted by Crippen LogP contribution is -2.47. The van der Waals surface area contributed by atoms with Gasteiger partial charge in [0.15, 0.2) is 0 Å². The number of likely N-dealkylation sites (N-methyl/N-ethyl adjacent to an activating group) is 1. The highest BCUT2D eigenvalue weighted by Crippen LogP contribution is 2.30. The summed E-state index contributed by atoms with van der Waals surface area (Å²) < 4.78 is 28.4. The lowest BCUT2D eigenvalue weighted by Gasteiger charge is -2.29. The van der Waals surface area contributed by atoms with E-state index in [0.29, 0.717) is 16.7 Å². The molecule has 1 atom stereocenters. The van der Waals surface area contributed by atoms with Crippen LogP contribution in [0.3, 0.4) is 0 Å². The van der Waals surface area contributed by atoms with Crippen LogP contribution in [0, 0.1) is 0 Å². The van der Waals surface area contributed by atoms with E-state index < -0.39 is 22.1 Å². The Hall–Kier alpha value is -3.82. The van der Waals surface area contributed by atoms with Crippen molar-refractivity contribution < 1.29 is 23.4 Å². The zero-order chi connectivity index (χ0) is 29.6. The van der Waals surface area contributed by atoms with Gasteiger partial charge < -0.3 is 15.5 Å². The molecule has 3 N–H and O–H groups in total. The molecule has 0 unspecified atom stereocenters. The average Bonchev–Trinajstić information content (AvgIpc) is 2.95. The van der Waals surface area contributed by atoms with Crippen LogP contribution in [0.1, 0.15) is 25.0 Å². The molecule has 4 rings (SSSR count). The fourth-order valence-corrected chi connectivity index (χ4v) is 6.27. The number of carboxylic acid groups (broad SMARTS) is 1. The van der Waals surface area contributed by atoms with Crippen molar-refractivity contribution in [3.8, 4) is 11.1 Å². The van der Waals surface area contributed by atoms with Crippen molar-refractivity contribution in [2.45, 2.75) is 36.8 Å². The first kappa shape index (κ1) is 30.1. The van der Waals surface area contributed by atoms with Crippen molar-refractivity contribution >= 4 is 32.8 Å². The van der Waals surface area contributed by atoms with Crippen molar-refractivity contribution in [3.63, 3.8) is 0 Å². The van der Waals surface area contributed by atoms with Gasteiger partial charge in [-0.15, -0.1) is 0 Å². The Kier molecular flexibility index (Phi) is 9.40. The number of fused-ring (bicyclic) bond motifs is 1. The lowest BCUT2D eigenvalue weighted by atomic mass is 9.93. The van der Waals surface area contributed by atoms with Crippen LogP contribution in [-0.4, -0.2) is 60.7 Å². The molecule has 0 spiro atoms. The zero-order valence-electron chi connectivity index (χ0n) is 23.5. The smallest absolute Gasteiger partial charge is 0.328 e. The van der Waals surface area contributed by atoms with Gasteiger partial charge in [0.25, 0.3) is 0 Å². The highest BCUT2D eigenvalue weighted by atomic mass is 32.2. The van der Waals surface area contributed by atoms with Gasteiger partial charge >= 0.3 is 5.97 Å². The Bertz CT molecular complexity index is 1660. The van der Waals surface area contributed by atoms with Gasteiger partial charge in [0.2, 0.25) is 10.0 Å². The lowest BCUT2D eigenvalue weighted by molar-refractivity contribution is -0.131. The van der Waals surface area contributed by atoms with E-state index in [-0.39, 0.29) is 23.5 Å². The number of hydrogen-bond acceptors (Lipinski definition) is 5. The summed E-state index contributed by atoms with van der Waals surface area (Å²) in [6, 6.07) is 28.3. The third kappa shape index (κ3) is 7.89. The summed E-state index contributed by atoms with van der Waals surface area (Å²) in [6.07, 6.45) is 2.31. The summed E-state index contributed by atoms with van der Waals surface area (Å²) in [5, 5.41) is 25.5. The van der Waals surface area contributed by atoms with Gasteiger partial charge in [-0.2, -0.15) is 4.31 Å². The van der Waals surface area contributed by atoms with Gasteiger partial charge in [-0.05, 0) is 65.9 Å². The van der Waals surface area contributed by atoms with Crippen LogP contribution >= 0.6 is 0 Å². The minimum atomic E-state index is -3.94. The highest BCUT2D eigenvalue weighted by Gasteiger charge is 2.27. The van der Waals surface area contributed by atoms with Crippen molar-refractivity contribution in [2.75, 3.05) is 20.1 Å². The van der Waals surface area contributed by atoms with Crippen LogP contribution in [0.25, 0.3) is 28.0 Å². The van der Waals surface area contributed by atoms with Gasteiger partial charge in [-0.3, -0.25) is 0 Å². The molecule has 214 valence electrons. The molecule has 0 radical (unpaired) electrons. The van der Waals surface area contributed by atoms with Gasteiger partial charge in [-0.1, -0.05) is 78.9 Å². The maximum atomic E-state index is 13.6. The molecule has 0 amide bonds. The zero-order valence-corrected chi connectivity index (χ0v) is 24.3. The summed E-state index contributed by atoms with van der Waals surface area (Å²) in [4.78, 5) is 11.0. The van der Waals surface area contributed by atoms with Crippen LogP contribution in [0.5, 0.6) is 0 Å². The maximum Gasteiger partial charge on any atom is 0.328 e. The van der Waals surface area contributed by atoms with E-state index in [1.165, 1.54) is 39.8 Å². The van der Waals surface area contributed by atoms with E-state index in [0.717, 1.165) is 12.5 Å². The molecule has 0 heterocycles. The van der Waals surface area contributed by atoms with E-state index in [4.69, 9.17) is 5.11 Å². The number of sulfonamides is 1. The molecule has 4 aromatic rings. The monoisotopic (exact) mass is 572 g/mol. The largest absolute Gasteiger partial charge is 0.478 e. The molecule has 0 saturated carbocycles. The van der Waals surface area contributed by atoms with E-state index in [2.05, 4.69) is 49.5 Å². The molecule has 7 nitrogen and oxygen atoms in total. The second-order valence-electron chi connectivity index (χ2n) is 10.9. The summed E-state index contributed by atoms with van der Waals surface area (Å²) in [5.74, 6) is -1.06. The topological polar surface area (TPSA) is 107 Å². The fraction of sp³-hybridized carbons (Fsp3) is 0.242. The molecule has 0 aliphatic rings. The number of aliphatic carboxylic acids is 1. The van der Waals surface area contributed by atoms with E-state index >= 15 is 0 Å². The first-order valence-corrected chi connectivity index (χ1v) is 14.9. The van der Waals surface area contributed by atoms with Crippen LogP contribution < -0.4 is 5.32 Å². The first-order valence-electron chi connectivity index (χ1n) is 13.4. The first-order chi connectivity index (χ1) is 19.4. The Balaban J connectivity index is 1.43. The normalized spacial score (nSPS) is 13.2. The van der Waals surface area contributed by atoms with Crippen LogP contribution in [0.15, 0.2) is 102 Å². The second-order valence-corrected chi connectivity index (χ2v) is 12.9. The summed E-state index contributed by atoms with van der Waals surface area (Å²) in [5.41, 5.74) is 2.62. The number of aliphatic hydroxyl groups excluding tert-OH is 1. The molecule has 41 heavy (non-hydrogen) atoms. The number of aliphatic hydroxyl groups is 1. The van der Waals surface area contributed by atoms with Crippen LogP contribution in [0.4, 0.5) is 0 Å². The number of carboxylic acids is 1.